The van der Waals surface area contributed by atoms with Gasteiger partial charge in [-0.25, -0.2) is 0 Å². The number of fused-ring (bicyclic) bond motifs is 1. The maximum Gasteiger partial charge on any atom is 0.215 e. The quantitative estimate of drug-likeness (QED) is 0.724. The molecule has 0 bridgehead atoms. The maximum atomic E-state index is 6.08. The van der Waals surface area contributed by atoms with Crippen molar-refractivity contribution in [2.75, 3.05) is 11.1 Å². The minimum Gasteiger partial charge on any atom is -0.473 e. The van der Waals surface area contributed by atoms with Crippen molar-refractivity contribution in [2.45, 2.75) is 25.9 Å². The predicted molar refractivity (Wildman–Crippen MR) is 101 cm³/mol. The lowest BCUT2D eigenvalue weighted by molar-refractivity contribution is 0.294. The summed E-state index contributed by atoms with van der Waals surface area (Å²) in [5.74, 6) is 1.19. The number of hydrogen-bond donors (Lipinski definition) is 2. The van der Waals surface area contributed by atoms with Gasteiger partial charge in [0.1, 0.15) is 6.61 Å². The SMILES string of the molecule is Nc1ccc(OCc2ccccc2)nc1Nc1ccc2c(c1)CCC2. The van der Waals surface area contributed by atoms with E-state index >= 15 is 0 Å². The number of rotatable bonds is 5. The molecule has 0 amide bonds. The lowest BCUT2D eigenvalue weighted by atomic mass is 10.1. The van der Waals surface area contributed by atoms with Crippen LogP contribution in [0.3, 0.4) is 0 Å². The number of aromatic nitrogens is 1. The monoisotopic (exact) mass is 331 g/mol. The standard InChI is InChI=1S/C21H21N3O/c22-19-11-12-20(25-14-15-5-2-1-3-6-15)24-21(19)23-18-10-9-16-7-4-8-17(16)13-18/h1-3,5-6,9-13H,4,7-8,14,22H2,(H,23,24). The highest BCUT2D eigenvalue weighted by Gasteiger charge is 2.12. The highest BCUT2D eigenvalue weighted by atomic mass is 16.5. The minimum absolute atomic E-state index is 0.482. The second kappa shape index (κ2) is 6.85. The number of nitrogens with zero attached hydrogens (tertiary/aromatic N) is 1. The van der Waals surface area contributed by atoms with Crippen molar-refractivity contribution < 1.29 is 4.74 Å². The molecule has 4 heteroatoms. The Labute approximate surface area is 147 Å². The molecule has 0 saturated heterocycles. The number of nitrogen functional groups attached to an aromatic ring is 1. The van der Waals surface area contributed by atoms with Crippen LogP contribution in [0.25, 0.3) is 0 Å². The first-order chi connectivity index (χ1) is 12.3. The summed E-state index contributed by atoms with van der Waals surface area (Å²) in [5, 5.41) is 3.32. The number of hydrogen-bond acceptors (Lipinski definition) is 4. The van der Waals surface area contributed by atoms with Gasteiger partial charge in [-0.2, -0.15) is 4.98 Å². The van der Waals surface area contributed by atoms with Gasteiger partial charge in [0, 0.05) is 11.8 Å². The first-order valence-electron chi connectivity index (χ1n) is 8.60. The topological polar surface area (TPSA) is 60.2 Å². The number of aryl methyl sites for hydroxylation is 2. The molecule has 3 N–H and O–H groups in total. The summed E-state index contributed by atoms with van der Waals surface area (Å²) in [6, 6.07) is 20.1. The van der Waals surface area contributed by atoms with E-state index in [-0.39, 0.29) is 0 Å². The summed E-state index contributed by atoms with van der Waals surface area (Å²) in [6.45, 7) is 0.482. The first kappa shape index (κ1) is 15.5. The maximum absolute atomic E-state index is 6.08. The molecule has 0 spiro atoms. The molecule has 2 aromatic carbocycles. The average molecular weight is 331 g/mol. The fraction of sp³-hybridized carbons (Fsp3) is 0.190. The zero-order valence-electron chi connectivity index (χ0n) is 14.0. The van der Waals surface area contributed by atoms with Crippen LogP contribution >= 0.6 is 0 Å². The van der Waals surface area contributed by atoms with Crippen molar-refractivity contribution in [3.8, 4) is 5.88 Å². The predicted octanol–water partition coefficient (Wildman–Crippen LogP) is 4.48. The molecule has 0 unspecified atom stereocenters. The highest BCUT2D eigenvalue weighted by molar-refractivity contribution is 5.69. The number of pyridine rings is 1. The van der Waals surface area contributed by atoms with Crippen molar-refractivity contribution in [3.63, 3.8) is 0 Å². The Bertz CT molecular complexity index is 878. The Morgan fingerprint density at radius 3 is 2.68 bits per heavy atom. The Kier molecular flexibility index (Phi) is 4.25. The molecule has 3 aromatic rings. The van der Waals surface area contributed by atoms with Crippen LogP contribution in [-0.4, -0.2) is 4.98 Å². The Morgan fingerprint density at radius 2 is 1.80 bits per heavy atom. The Hall–Kier alpha value is -3.01. The summed E-state index contributed by atoms with van der Waals surface area (Å²) in [5.41, 5.74) is 11.7. The van der Waals surface area contributed by atoms with E-state index in [9.17, 15) is 0 Å². The van der Waals surface area contributed by atoms with Crippen LogP contribution in [0.4, 0.5) is 17.2 Å². The van der Waals surface area contributed by atoms with Crippen LogP contribution in [0.1, 0.15) is 23.1 Å². The van der Waals surface area contributed by atoms with Gasteiger partial charge in [0.25, 0.3) is 0 Å². The van der Waals surface area contributed by atoms with Gasteiger partial charge in [-0.3, -0.25) is 0 Å². The van der Waals surface area contributed by atoms with E-state index in [2.05, 4.69) is 28.5 Å². The first-order valence-corrected chi connectivity index (χ1v) is 8.60. The van der Waals surface area contributed by atoms with Crippen LogP contribution in [0, 0.1) is 0 Å². The molecule has 1 aromatic heterocycles. The van der Waals surface area contributed by atoms with E-state index in [1.54, 1.807) is 6.07 Å². The molecular formula is C21H21N3O. The van der Waals surface area contributed by atoms with Gasteiger partial charge in [-0.05, 0) is 54.2 Å². The number of benzene rings is 2. The van der Waals surface area contributed by atoms with Crippen LogP contribution < -0.4 is 15.8 Å². The molecule has 0 fully saturated rings. The number of anilines is 3. The van der Waals surface area contributed by atoms with Crippen molar-refractivity contribution in [1.29, 1.82) is 0 Å². The van der Waals surface area contributed by atoms with Crippen LogP contribution in [-0.2, 0) is 19.4 Å². The largest absolute Gasteiger partial charge is 0.473 e. The molecule has 4 rings (SSSR count). The van der Waals surface area contributed by atoms with Crippen molar-refractivity contribution in [1.82, 2.24) is 4.98 Å². The minimum atomic E-state index is 0.482. The molecular weight excluding hydrogens is 310 g/mol. The van der Waals surface area contributed by atoms with E-state index in [1.165, 1.54) is 24.0 Å². The molecule has 25 heavy (non-hydrogen) atoms. The summed E-state index contributed by atoms with van der Waals surface area (Å²) in [6.07, 6.45) is 3.56. The van der Waals surface area contributed by atoms with Crippen LogP contribution in [0.5, 0.6) is 5.88 Å². The fourth-order valence-corrected chi connectivity index (χ4v) is 3.15. The second-order valence-corrected chi connectivity index (χ2v) is 6.32. The third-order valence-corrected chi connectivity index (χ3v) is 4.49. The second-order valence-electron chi connectivity index (χ2n) is 6.32. The summed E-state index contributed by atoms with van der Waals surface area (Å²) < 4.78 is 5.79. The molecule has 1 aliphatic carbocycles. The molecule has 0 atom stereocenters. The molecule has 4 nitrogen and oxygen atoms in total. The number of ether oxygens (including phenoxy) is 1. The van der Waals surface area contributed by atoms with Crippen LogP contribution in [0.15, 0.2) is 60.7 Å². The highest BCUT2D eigenvalue weighted by Crippen LogP contribution is 2.28. The van der Waals surface area contributed by atoms with Gasteiger partial charge in [0.05, 0.1) is 5.69 Å². The van der Waals surface area contributed by atoms with E-state index in [4.69, 9.17) is 10.5 Å². The van der Waals surface area contributed by atoms with Crippen molar-refractivity contribution >= 4 is 17.2 Å². The van der Waals surface area contributed by atoms with Gasteiger partial charge in [-0.1, -0.05) is 36.4 Å². The Morgan fingerprint density at radius 1 is 0.960 bits per heavy atom. The lowest BCUT2D eigenvalue weighted by Gasteiger charge is -2.12. The fourth-order valence-electron chi connectivity index (χ4n) is 3.15. The molecule has 1 aliphatic rings. The number of nitrogens with one attached hydrogen (secondary N) is 1. The van der Waals surface area contributed by atoms with Gasteiger partial charge < -0.3 is 15.8 Å². The van der Waals surface area contributed by atoms with E-state index in [1.807, 2.05) is 36.4 Å². The van der Waals surface area contributed by atoms with E-state index in [0.29, 0.717) is 24.0 Å². The van der Waals surface area contributed by atoms with E-state index < -0.39 is 0 Å². The third-order valence-electron chi connectivity index (χ3n) is 4.49. The summed E-state index contributed by atoms with van der Waals surface area (Å²) in [7, 11) is 0. The van der Waals surface area contributed by atoms with Crippen molar-refractivity contribution in [2.24, 2.45) is 0 Å². The number of nitrogens with two attached hydrogens (primary N) is 1. The molecule has 1 heterocycles. The van der Waals surface area contributed by atoms with Gasteiger partial charge in [0.15, 0.2) is 5.82 Å². The smallest absolute Gasteiger partial charge is 0.215 e. The molecule has 0 saturated carbocycles. The zero-order chi connectivity index (χ0) is 17.1. The van der Waals surface area contributed by atoms with E-state index in [0.717, 1.165) is 17.7 Å². The summed E-state index contributed by atoms with van der Waals surface area (Å²) >= 11 is 0. The zero-order valence-corrected chi connectivity index (χ0v) is 14.0. The van der Waals surface area contributed by atoms with Crippen molar-refractivity contribution in [3.05, 3.63) is 77.4 Å². The van der Waals surface area contributed by atoms with Gasteiger partial charge in [0.2, 0.25) is 5.88 Å². The van der Waals surface area contributed by atoms with Crippen LogP contribution in [0.2, 0.25) is 0 Å². The third kappa shape index (κ3) is 3.58. The normalized spacial score (nSPS) is 12.6. The van der Waals surface area contributed by atoms with Gasteiger partial charge in [-0.15, -0.1) is 0 Å². The average Bonchev–Trinajstić information content (AvgIpc) is 3.11. The molecule has 0 aliphatic heterocycles. The lowest BCUT2D eigenvalue weighted by Crippen LogP contribution is -2.03. The molecule has 126 valence electrons. The molecule has 0 radical (unpaired) electrons. The summed E-state index contributed by atoms with van der Waals surface area (Å²) in [4.78, 5) is 4.52. The Balaban J connectivity index is 1.49. The van der Waals surface area contributed by atoms with Gasteiger partial charge >= 0.3 is 0 Å².